The van der Waals surface area contributed by atoms with Crippen molar-refractivity contribution in [2.75, 3.05) is 5.32 Å². The fourth-order valence-corrected chi connectivity index (χ4v) is 5.35. The Morgan fingerprint density at radius 2 is 1.84 bits per heavy atom. The third-order valence-corrected chi connectivity index (χ3v) is 7.21. The summed E-state index contributed by atoms with van der Waals surface area (Å²) in [5.74, 6) is 0.753. The summed E-state index contributed by atoms with van der Waals surface area (Å²) in [6.07, 6.45) is 1.49. The molecular weight excluding hydrogens is 524 g/mol. The molecule has 38 heavy (non-hydrogen) atoms. The van der Waals surface area contributed by atoms with E-state index >= 15 is 0 Å². The number of rotatable bonds is 5. The number of nitrogens with one attached hydrogen (secondary N) is 1. The smallest absolute Gasteiger partial charge is 0.460 e. The van der Waals surface area contributed by atoms with E-state index in [4.69, 9.17) is 32.4 Å². The molecule has 1 aliphatic rings. The Balaban J connectivity index is 1.62. The number of aromatic nitrogens is 1. The van der Waals surface area contributed by atoms with Crippen molar-refractivity contribution >= 4 is 58.7 Å². The van der Waals surface area contributed by atoms with Crippen LogP contribution >= 0.6 is 23.2 Å². The average Bonchev–Trinajstić information content (AvgIpc) is 2.86. The Morgan fingerprint density at radius 1 is 1.08 bits per heavy atom. The van der Waals surface area contributed by atoms with Crippen LogP contribution in [0.5, 0.6) is 0 Å². The van der Waals surface area contributed by atoms with Crippen LogP contribution in [0.3, 0.4) is 0 Å². The molecule has 0 spiro atoms. The maximum Gasteiger partial charge on any atom is 0.585 e. The van der Waals surface area contributed by atoms with Gasteiger partial charge in [-0.3, -0.25) is 4.79 Å². The summed E-state index contributed by atoms with van der Waals surface area (Å²) in [6.45, 7) is 9.80. The van der Waals surface area contributed by atoms with E-state index in [1.165, 1.54) is 6.21 Å². The third kappa shape index (κ3) is 4.68. The SMILES string of the molecule is Cc1cc(C(C)Nc2ccc(Cl)nc2-c2cc(Cl)c3c(c2)C=NOB3O)c2oc(C(C)C)c(C)c(=O)c2c1. The van der Waals surface area contributed by atoms with Crippen LogP contribution in [0.4, 0.5) is 5.69 Å². The minimum Gasteiger partial charge on any atom is -0.460 e. The molecule has 7 nitrogen and oxygen atoms in total. The molecule has 1 atom stereocenters. The first kappa shape index (κ1) is 26.3. The lowest BCUT2D eigenvalue weighted by Crippen LogP contribution is -2.38. The van der Waals surface area contributed by atoms with Crippen molar-refractivity contribution in [3.05, 3.63) is 84.8 Å². The largest absolute Gasteiger partial charge is 0.585 e. The molecule has 0 bridgehead atoms. The number of nitrogens with zero attached hydrogens (tertiary/aromatic N) is 2. The molecule has 4 aromatic rings. The highest BCUT2D eigenvalue weighted by Gasteiger charge is 2.29. The molecule has 2 aromatic heterocycles. The van der Waals surface area contributed by atoms with Crippen molar-refractivity contribution in [3.8, 4) is 11.3 Å². The van der Waals surface area contributed by atoms with E-state index in [1.807, 2.05) is 58.9 Å². The van der Waals surface area contributed by atoms with E-state index in [9.17, 15) is 9.82 Å². The standard InChI is InChI=1S/C28H26BCl2N3O4/c1-13(2)27-15(4)26(35)20-9-14(3)8-19(28(20)37-27)16(5)33-22-6-7-23(31)34-25(22)17-10-18-12-32-38-29(36)24(18)21(30)11-17/h6-13,16,33,36H,1-5H3. The summed E-state index contributed by atoms with van der Waals surface area (Å²) >= 11 is 12.8. The van der Waals surface area contributed by atoms with E-state index in [-0.39, 0.29) is 17.4 Å². The zero-order chi connectivity index (χ0) is 27.3. The number of benzene rings is 2. The normalized spacial score (nSPS) is 13.6. The molecule has 194 valence electrons. The van der Waals surface area contributed by atoms with E-state index in [2.05, 4.69) is 15.5 Å². The van der Waals surface area contributed by atoms with Gasteiger partial charge in [0.25, 0.3) is 0 Å². The molecule has 0 fully saturated rings. The van der Waals surface area contributed by atoms with Gasteiger partial charge < -0.3 is 19.5 Å². The molecule has 1 unspecified atom stereocenters. The Labute approximate surface area is 230 Å². The average molecular weight is 550 g/mol. The highest BCUT2D eigenvalue weighted by Crippen LogP contribution is 2.35. The van der Waals surface area contributed by atoms with Crippen molar-refractivity contribution in [1.29, 1.82) is 0 Å². The Kier molecular flexibility index (Phi) is 6.98. The molecule has 2 aromatic carbocycles. The van der Waals surface area contributed by atoms with Gasteiger partial charge in [-0.05, 0) is 62.2 Å². The van der Waals surface area contributed by atoms with Gasteiger partial charge in [-0.15, -0.1) is 5.16 Å². The molecule has 1 aliphatic heterocycles. The molecular formula is C28H26BCl2N3O4. The van der Waals surface area contributed by atoms with Crippen LogP contribution in [-0.2, 0) is 4.76 Å². The topological polar surface area (TPSA) is 97.0 Å². The number of anilines is 1. The maximum atomic E-state index is 13.2. The van der Waals surface area contributed by atoms with Crippen molar-refractivity contribution in [2.24, 2.45) is 5.16 Å². The second-order valence-electron chi connectivity index (χ2n) is 9.86. The number of pyridine rings is 1. The molecule has 2 N–H and O–H groups in total. The first-order valence-corrected chi connectivity index (χ1v) is 13.0. The second-order valence-corrected chi connectivity index (χ2v) is 10.6. The zero-order valence-electron chi connectivity index (χ0n) is 21.6. The highest BCUT2D eigenvalue weighted by atomic mass is 35.5. The van der Waals surface area contributed by atoms with Gasteiger partial charge in [0.2, 0.25) is 0 Å². The quantitative estimate of drug-likeness (QED) is 0.230. The minimum absolute atomic E-state index is 0.0162. The van der Waals surface area contributed by atoms with Gasteiger partial charge in [0.05, 0.1) is 29.0 Å². The van der Waals surface area contributed by atoms with E-state index < -0.39 is 7.12 Å². The summed E-state index contributed by atoms with van der Waals surface area (Å²) in [4.78, 5) is 17.8. The Morgan fingerprint density at radius 3 is 2.58 bits per heavy atom. The monoisotopic (exact) mass is 549 g/mol. The molecule has 0 radical (unpaired) electrons. The first-order chi connectivity index (χ1) is 18.0. The number of hydrogen-bond acceptors (Lipinski definition) is 7. The Hall–Kier alpha value is -3.33. The molecule has 10 heteroatoms. The van der Waals surface area contributed by atoms with Crippen LogP contribution in [0.25, 0.3) is 22.2 Å². The third-order valence-electron chi connectivity index (χ3n) is 6.69. The number of hydrogen-bond donors (Lipinski definition) is 2. The summed E-state index contributed by atoms with van der Waals surface area (Å²) in [5.41, 5.74) is 6.02. The van der Waals surface area contributed by atoms with Gasteiger partial charge in [0.1, 0.15) is 16.5 Å². The van der Waals surface area contributed by atoms with Gasteiger partial charge in [-0.2, -0.15) is 0 Å². The van der Waals surface area contributed by atoms with Gasteiger partial charge in [-0.1, -0.05) is 43.1 Å². The molecule has 0 saturated heterocycles. The molecule has 0 amide bonds. The van der Waals surface area contributed by atoms with Gasteiger partial charge >= 0.3 is 7.12 Å². The van der Waals surface area contributed by atoms with Crippen LogP contribution in [0.1, 0.15) is 60.7 Å². The Bertz CT molecular complexity index is 1670. The fourth-order valence-electron chi connectivity index (χ4n) is 4.88. The summed E-state index contributed by atoms with van der Waals surface area (Å²) in [6, 6.07) is 10.7. The lowest BCUT2D eigenvalue weighted by atomic mass is 9.75. The second kappa shape index (κ2) is 10.1. The maximum absolute atomic E-state index is 13.2. The summed E-state index contributed by atoms with van der Waals surface area (Å²) < 4.78 is 11.3. The number of halogens is 2. The van der Waals surface area contributed by atoms with Crippen LogP contribution in [0.2, 0.25) is 10.2 Å². The van der Waals surface area contributed by atoms with Gasteiger partial charge in [0, 0.05) is 33.1 Å². The van der Waals surface area contributed by atoms with Gasteiger partial charge in [-0.25, -0.2) is 4.98 Å². The van der Waals surface area contributed by atoms with Crippen LogP contribution in [0, 0.1) is 13.8 Å². The van der Waals surface area contributed by atoms with E-state index in [1.54, 1.807) is 12.1 Å². The van der Waals surface area contributed by atoms with Crippen LogP contribution in [-0.4, -0.2) is 23.3 Å². The first-order valence-electron chi connectivity index (χ1n) is 12.3. The molecule has 3 heterocycles. The predicted molar refractivity (Wildman–Crippen MR) is 154 cm³/mol. The molecule has 0 saturated carbocycles. The van der Waals surface area contributed by atoms with Gasteiger partial charge in [0.15, 0.2) is 5.43 Å². The summed E-state index contributed by atoms with van der Waals surface area (Å²) in [5, 5.41) is 18.6. The lowest BCUT2D eigenvalue weighted by molar-refractivity contribution is 0.286. The minimum atomic E-state index is -1.25. The highest BCUT2D eigenvalue weighted by molar-refractivity contribution is 6.65. The number of aryl methyl sites for hydroxylation is 1. The zero-order valence-corrected chi connectivity index (χ0v) is 23.1. The number of fused-ring (bicyclic) bond motifs is 2. The lowest BCUT2D eigenvalue weighted by Gasteiger charge is -2.21. The van der Waals surface area contributed by atoms with Crippen molar-refractivity contribution in [3.63, 3.8) is 0 Å². The van der Waals surface area contributed by atoms with E-state index in [0.29, 0.717) is 60.4 Å². The van der Waals surface area contributed by atoms with Crippen molar-refractivity contribution in [1.82, 2.24) is 4.98 Å². The molecule has 5 rings (SSSR count). The summed E-state index contributed by atoms with van der Waals surface area (Å²) in [7, 11) is -1.25. The van der Waals surface area contributed by atoms with Crippen LogP contribution < -0.4 is 16.2 Å². The fraction of sp³-hybridized carbons (Fsp3) is 0.250. The van der Waals surface area contributed by atoms with Crippen LogP contribution in [0.15, 0.2) is 50.8 Å². The predicted octanol–water partition coefficient (Wildman–Crippen LogP) is 6.13. The van der Waals surface area contributed by atoms with Crippen molar-refractivity contribution in [2.45, 2.75) is 46.6 Å². The number of oxime groups is 1. The van der Waals surface area contributed by atoms with Crippen molar-refractivity contribution < 1.29 is 14.2 Å². The molecule has 0 aliphatic carbocycles. The van der Waals surface area contributed by atoms with E-state index in [0.717, 1.165) is 11.1 Å².